The summed E-state index contributed by atoms with van der Waals surface area (Å²) in [7, 11) is -18.9. The average molecular weight is 1100 g/mol. The number of benzene rings is 2. The number of imide groups is 1. The van der Waals surface area contributed by atoms with E-state index in [-0.39, 0.29) is 139 Å². The number of amides is 3. The standard InChI is InChI=1S/C46H60N4O15S4.3Na/c1-45(2)36-32-34(68(60,61)62)19-21-38(36)48(28-14-30-66(54,55)56)40(45)16-8-6-9-17-41-46(3,37-33-35(69(63,64)65)20-22-39(37)49(41)29-15-31-67(57,58)59)25-11-7-10-18-42(51)47-26-12-4-5-13-27-50-43(52)23-24-44(50)53;;;/h6,8-9,16-17,19-24,32-33H,4-5,7,10-15,18,25-31H2,1-3H3,(H4-,47,51,54,55,56,57,58,59,60,61,62,63,64,65);;;/q;3*+1/p-3. The molecule has 0 bridgehead atoms. The van der Waals surface area contributed by atoms with E-state index in [4.69, 9.17) is 0 Å². The first-order valence-electron chi connectivity index (χ1n) is 22.5. The molecule has 0 spiro atoms. The molecule has 0 saturated heterocycles. The minimum Gasteiger partial charge on any atom is -0.748 e. The van der Waals surface area contributed by atoms with Gasteiger partial charge in [0.25, 0.3) is 11.8 Å². The van der Waals surface area contributed by atoms with Crippen molar-refractivity contribution in [2.75, 3.05) is 42.6 Å². The van der Waals surface area contributed by atoms with Crippen LogP contribution in [0.15, 0.2) is 94.4 Å². The van der Waals surface area contributed by atoms with Crippen LogP contribution in [0.1, 0.15) is 103 Å². The zero-order chi connectivity index (χ0) is 51.0. The van der Waals surface area contributed by atoms with Crippen molar-refractivity contribution < 1.29 is 160 Å². The number of hydrogen-bond acceptors (Lipinski definition) is 16. The first-order chi connectivity index (χ1) is 32.1. The summed E-state index contributed by atoms with van der Waals surface area (Å²) in [5.41, 5.74) is 1.34. The van der Waals surface area contributed by atoms with Crippen LogP contribution < -0.4 is 98.9 Å². The van der Waals surface area contributed by atoms with Crippen molar-refractivity contribution in [1.29, 1.82) is 0 Å². The van der Waals surface area contributed by atoms with E-state index in [1.807, 2.05) is 6.92 Å². The van der Waals surface area contributed by atoms with E-state index in [9.17, 15) is 66.3 Å². The molecule has 378 valence electrons. The molecule has 1 N–H and O–H groups in total. The molecule has 1 unspecified atom stereocenters. The summed E-state index contributed by atoms with van der Waals surface area (Å²) in [5.74, 6) is -2.08. The Morgan fingerprint density at radius 1 is 0.653 bits per heavy atom. The van der Waals surface area contributed by atoms with Crippen molar-refractivity contribution in [3.63, 3.8) is 0 Å². The number of allylic oxidation sites excluding steroid dienone is 6. The van der Waals surface area contributed by atoms with E-state index < -0.39 is 72.6 Å². The number of unbranched alkanes of at least 4 members (excludes halogenated alkanes) is 5. The van der Waals surface area contributed by atoms with E-state index in [1.165, 1.54) is 47.4 Å². The van der Waals surface area contributed by atoms with E-state index in [1.54, 1.807) is 53.7 Å². The number of fused-ring (bicyclic) bond motifs is 2. The number of rotatable bonds is 26. The molecule has 3 amide bonds. The van der Waals surface area contributed by atoms with Crippen LogP contribution in [-0.4, -0.2) is 122 Å². The zero-order valence-electron chi connectivity index (χ0n) is 41.6. The van der Waals surface area contributed by atoms with Crippen molar-refractivity contribution in [2.24, 2.45) is 0 Å². The SMILES string of the molecule is CC1(C)C(C=CC=CC=C2N(CCCS(=O)(=O)[O-])c3ccc(S(=O)(=O)[O-])cc3C2(C)CCCCCC(=O)NCCCCCCN2C(=O)C=CC2=O)=[N+](CCCS(=O)(=O)[O-])c2ccc(S(=O)(=O)[O-])cc21.[Na+].[Na+].[Na+]. The molecule has 0 saturated carbocycles. The average Bonchev–Trinajstić information content (AvgIpc) is 3.77. The van der Waals surface area contributed by atoms with E-state index in [0.717, 1.165) is 25.3 Å². The number of nitrogens with zero attached hydrogens (tertiary/aromatic N) is 3. The Hall–Kier alpha value is -1.88. The van der Waals surface area contributed by atoms with Gasteiger partial charge in [-0.2, -0.15) is 4.58 Å². The number of carbonyl (C=O) groups excluding carboxylic acids is 3. The van der Waals surface area contributed by atoms with E-state index in [0.29, 0.717) is 79.1 Å². The van der Waals surface area contributed by atoms with E-state index >= 15 is 0 Å². The fraction of sp³-hybridized carbons (Fsp3) is 0.478. The summed E-state index contributed by atoms with van der Waals surface area (Å²) in [6, 6.07) is 7.84. The summed E-state index contributed by atoms with van der Waals surface area (Å²) >= 11 is 0. The van der Waals surface area contributed by atoms with Crippen LogP contribution in [0.25, 0.3) is 0 Å². The number of nitrogens with one attached hydrogen (secondary N) is 1. The van der Waals surface area contributed by atoms with Crippen molar-refractivity contribution >= 4 is 75.3 Å². The molecule has 3 aliphatic heterocycles. The van der Waals surface area contributed by atoms with Gasteiger partial charge in [-0.3, -0.25) is 19.3 Å². The fourth-order valence-corrected chi connectivity index (χ4v) is 11.0. The molecule has 5 rings (SSSR count). The maximum atomic E-state index is 12.7. The second-order valence-electron chi connectivity index (χ2n) is 17.9. The molecule has 72 heavy (non-hydrogen) atoms. The minimum atomic E-state index is -4.90. The zero-order valence-corrected chi connectivity index (χ0v) is 50.9. The van der Waals surface area contributed by atoms with Gasteiger partial charge in [0.15, 0.2) is 5.71 Å². The van der Waals surface area contributed by atoms with Crippen LogP contribution in [0, 0.1) is 0 Å². The minimum absolute atomic E-state index is 0. The van der Waals surface area contributed by atoms with Crippen LogP contribution in [-0.2, 0) is 65.7 Å². The van der Waals surface area contributed by atoms with Gasteiger partial charge in [0.2, 0.25) is 11.6 Å². The Morgan fingerprint density at radius 3 is 1.82 bits per heavy atom. The van der Waals surface area contributed by atoms with Gasteiger partial charge < -0.3 is 28.4 Å². The first-order valence-corrected chi connectivity index (χ1v) is 28.5. The largest absolute Gasteiger partial charge is 1.00 e. The van der Waals surface area contributed by atoms with Gasteiger partial charge >= 0.3 is 88.7 Å². The van der Waals surface area contributed by atoms with Crippen molar-refractivity contribution in [3.8, 4) is 0 Å². The van der Waals surface area contributed by atoms with Crippen LogP contribution in [0.2, 0.25) is 0 Å². The number of carbonyl (C=O) groups is 3. The number of anilines is 1. The van der Waals surface area contributed by atoms with Crippen molar-refractivity contribution in [3.05, 3.63) is 95.8 Å². The molecular weight excluding hydrogens is 1050 g/mol. The van der Waals surface area contributed by atoms with Gasteiger partial charge in [-0.25, -0.2) is 33.7 Å². The Kier molecular flexibility index (Phi) is 25.7. The third-order valence-electron chi connectivity index (χ3n) is 12.5. The smallest absolute Gasteiger partial charge is 0.748 e. The maximum Gasteiger partial charge on any atom is 1.00 e. The molecule has 26 heteroatoms. The van der Waals surface area contributed by atoms with Crippen LogP contribution in [0.5, 0.6) is 0 Å². The molecule has 0 aliphatic carbocycles. The molecule has 2 aromatic rings. The topological polar surface area (TPSA) is 302 Å². The summed E-state index contributed by atoms with van der Waals surface area (Å²) < 4.78 is 144. The van der Waals surface area contributed by atoms with Gasteiger partial charge in [-0.1, -0.05) is 43.9 Å². The summed E-state index contributed by atoms with van der Waals surface area (Å²) in [6.45, 7) is 6.38. The predicted octanol–water partition coefficient (Wildman–Crippen LogP) is -4.92. The summed E-state index contributed by atoms with van der Waals surface area (Å²) in [6.07, 6.45) is 16.2. The molecule has 2 aromatic carbocycles. The van der Waals surface area contributed by atoms with Crippen LogP contribution in [0.4, 0.5) is 11.4 Å². The third kappa shape index (κ3) is 18.1. The first kappa shape index (κ1) is 66.2. The monoisotopic (exact) mass is 1100 g/mol. The molecule has 0 fully saturated rings. The fourth-order valence-electron chi connectivity index (χ4n) is 9.06. The van der Waals surface area contributed by atoms with Gasteiger partial charge in [0.05, 0.1) is 35.4 Å². The molecule has 0 aromatic heterocycles. The molecule has 3 aliphatic rings. The maximum absolute atomic E-state index is 12.7. The van der Waals surface area contributed by atoms with Crippen LogP contribution >= 0.6 is 0 Å². The molecule has 19 nitrogen and oxygen atoms in total. The Morgan fingerprint density at radius 2 is 1.21 bits per heavy atom. The Balaban J connectivity index is 0.00000592. The van der Waals surface area contributed by atoms with Gasteiger partial charge in [0, 0.05) is 90.6 Å². The second-order valence-corrected chi connectivity index (χ2v) is 23.7. The molecule has 3 heterocycles. The molecule has 0 radical (unpaired) electrons. The van der Waals surface area contributed by atoms with Crippen LogP contribution in [0.3, 0.4) is 0 Å². The van der Waals surface area contributed by atoms with Gasteiger partial charge in [-0.05, 0) is 94.8 Å². The Labute approximate surface area is 490 Å². The van der Waals surface area contributed by atoms with Gasteiger partial charge in [0.1, 0.15) is 26.8 Å². The normalized spacial score (nSPS) is 18.2. The Bertz CT molecular complexity index is 2920. The molecular formula is C46H57N4Na3O15S4. The summed E-state index contributed by atoms with van der Waals surface area (Å²) in [5, 5.41) is 2.91. The number of hydrogen-bond donors (Lipinski definition) is 1. The van der Waals surface area contributed by atoms with Crippen molar-refractivity contribution in [1.82, 2.24) is 10.2 Å². The summed E-state index contributed by atoms with van der Waals surface area (Å²) in [4.78, 5) is 38.1. The quantitative estimate of drug-likeness (QED) is 0.0231. The van der Waals surface area contributed by atoms with E-state index in [2.05, 4.69) is 5.32 Å². The van der Waals surface area contributed by atoms with Gasteiger partial charge in [-0.15, -0.1) is 0 Å². The van der Waals surface area contributed by atoms with Crippen molar-refractivity contribution in [2.45, 2.75) is 112 Å². The third-order valence-corrected chi connectivity index (χ3v) is 15.8. The second kappa shape index (κ2) is 28.0. The predicted molar refractivity (Wildman–Crippen MR) is 251 cm³/mol. The molecule has 1 atom stereocenters.